The van der Waals surface area contributed by atoms with Crippen LogP contribution in [-0.2, 0) is 11.3 Å². The van der Waals surface area contributed by atoms with E-state index in [-0.39, 0.29) is 30.4 Å². The van der Waals surface area contributed by atoms with E-state index in [0.29, 0.717) is 12.3 Å². The molecule has 2 atom stereocenters. The average molecular weight is 621 g/mol. The molecule has 8 heteroatoms. The molecule has 4 nitrogen and oxygen atoms in total. The number of piperazine rings is 1. The van der Waals surface area contributed by atoms with Gasteiger partial charge in [0.05, 0.1) is 8.95 Å². The highest BCUT2D eigenvalue weighted by molar-refractivity contribution is 9.11. The first kappa shape index (κ1) is 24.7. The highest BCUT2D eigenvalue weighted by Gasteiger charge is 2.32. The van der Waals surface area contributed by atoms with Gasteiger partial charge < -0.3 is 9.64 Å². The van der Waals surface area contributed by atoms with Crippen LogP contribution in [0.25, 0.3) is 0 Å². The van der Waals surface area contributed by atoms with Gasteiger partial charge in [0.1, 0.15) is 11.6 Å². The fourth-order valence-corrected chi connectivity index (χ4v) is 6.06. The maximum Gasteiger partial charge on any atom is 0.260 e. The van der Waals surface area contributed by atoms with Crippen molar-refractivity contribution in [1.29, 1.82) is 0 Å². The largest absolute Gasteiger partial charge is 0.481 e. The molecule has 0 saturated carbocycles. The van der Waals surface area contributed by atoms with Crippen molar-refractivity contribution in [2.24, 2.45) is 0 Å². The molecule has 31 heavy (non-hydrogen) atoms. The van der Waals surface area contributed by atoms with Crippen LogP contribution in [0, 0.1) is 19.7 Å². The van der Waals surface area contributed by atoms with Crippen molar-refractivity contribution in [2.75, 3.05) is 19.7 Å². The van der Waals surface area contributed by atoms with E-state index in [0.717, 1.165) is 43.2 Å². The van der Waals surface area contributed by atoms with E-state index in [9.17, 15) is 9.18 Å². The SMILES string of the molecule is Cc1c(Br)c(C)c(Br)c(OCC(=O)N2CC(C)N(Cc3ccc(F)cc3)CC2C)c1Br. The molecule has 168 valence electrons. The van der Waals surface area contributed by atoms with E-state index in [1.807, 2.05) is 30.9 Å². The minimum Gasteiger partial charge on any atom is -0.481 e. The summed E-state index contributed by atoms with van der Waals surface area (Å²) in [4.78, 5) is 17.2. The van der Waals surface area contributed by atoms with Gasteiger partial charge in [-0.15, -0.1) is 0 Å². The van der Waals surface area contributed by atoms with Crippen LogP contribution in [0.2, 0.25) is 0 Å². The third kappa shape index (κ3) is 5.52. The first-order valence-corrected chi connectivity index (χ1v) is 12.5. The number of nitrogens with zero attached hydrogens (tertiary/aromatic N) is 2. The lowest BCUT2D eigenvalue weighted by Gasteiger charge is -2.44. The van der Waals surface area contributed by atoms with Crippen molar-refractivity contribution < 1.29 is 13.9 Å². The number of hydrogen-bond donors (Lipinski definition) is 0. The van der Waals surface area contributed by atoms with Crippen molar-refractivity contribution in [3.8, 4) is 5.75 Å². The van der Waals surface area contributed by atoms with Crippen molar-refractivity contribution in [3.05, 3.63) is 60.2 Å². The van der Waals surface area contributed by atoms with Gasteiger partial charge in [0.25, 0.3) is 5.91 Å². The van der Waals surface area contributed by atoms with Gasteiger partial charge >= 0.3 is 0 Å². The van der Waals surface area contributed by atoms with E-state index in [1.54, 1.807) is 0 Å². The maximum atomic E-state index is 13.2. The number of ether oxygens (including phenoxy) is 1. The summed E-state index contributed by atoms with van der Waals surface area (Å²) in [5.41, 5.74) is 3.12. The Morgan fingerprint density at radius 1 is 1.00 bits per heavy atom. The van der Waals surface area contributed by atoms with Gasteiger partial charge in [-0.2, -0.15) is 0 Å². The van der Waals surface area contributed by atoms with Crippen LogP contribution in [0.4, 0.5) is 4.39 Å². The van der Waals surface area contributed by atoms with Crippen LogP contribution in [0.1, 0.15) is 30.5 Å². The minimum atomic E-state index is -0.227. The highest BCUT2D eigenvalue weighted by Crippen LogP contribution is 2.43. The van der Waals surface area contributed by atoms with Gasteiger partial charge in [0.15, 0.2) is 6.61 Å². The number of amides is 1. The van der Waals surface area contributed by atoms with E-state index >= 15 is 0 Å². The molecule has 1 aliphatic heterocycles. The van der Waals surface area contributed by atoms with Crippen molar-refractivity contribution in [3.63, 3.8) is 0 Å². The molecule has 0 bridgehead atoms. The molecule has 0 aromatic heterocycles. The second kappa shape index (κ2) is 10.3. The number of rotatable bonds is 5. The summed E-state index contributed by atoms with van der Waals surface area (Å²) in [6.45, 7) is 10.3. The van der Waals surface area contributed by atoms with Gasteiger partial charge in [-0.25, -0.2) is 4.39 Å². The third-order valence-electron chi connectivity index (χ3n) is 5.79. The normalized spacial score (nSPS) is 19.5. The van der Waals surface area contributed by atoms with Crippen molar-refractivity contribution in [2.45, 2.75) is 46.3 Å². The zero-order chi connectivity index (χ0) is 22.9. The third-order valence-corrected chi connectivity index (χ3v) is 8.89. The van der Waals surface area contributed by atoms with Crippen LogP contribution in [0.5, 0.6) is 5.75 Å². The van der Waals surface area contributed by atoms with Gasteiger partial charge in [-0.1, -0.05) is 28.1 Å². The lowest BCUT2D eigenvalue weighted by Crippen LogP contribution is -2.58. The maximum absolute atomic E-state index is 13.2. The molecule has 2 aromatic carbocycles. The quantitative estimate of drug-likeness (QED) is 0.397. The molecule has 1 saturated heterocycles. The Labute approximate surface area is 208 Å². The second-order valence-electron chi connectivity index (χ2n) is 8.11. The van der Waals surface area contributed by atoms with Crippen LogP contribution in [0.15, 0.2) is 37.7 Å². The molecule has 1 aliphatic rings. The number of carbonyl (C=O) groups is 1. The van der Waals surface area contributed by atoms with E-state index in [1.165, 1.54) is 12.1 Å². The summed E-state index contributed by atoms with van der Waals surface area (Å²) in [7, 11) is 0. The topological polar surface area (TPSA) is 32.8 Å². The van der Waals surface area contributed by atoms with Crippen LogP contribution in [-0.4, -0.2) is 47.5 Å². The summed E-state index contributed by atoms with van der Waals surface area (Å²) in [6.07, 6.45) is 0. The predicted octanol–water partition coefficient (Wildman–Crippen LogP) is 6.23. The van der Waals surface area contributed by atoms with Crippen LogP contribution < -0.4 is 4.74 Å². The smallest absolute Gasteiger partial charge is 0.260 e. The van der Waals surface area contributed by atoms with Crippen LogP contribution in [0.3, 0.4) is 0 Å². The zero-order valence-corrected chi connectivity index (χ0v) is 22.8. The monoisotopic (exact) mass is 618 g/mol. The average Bonchev–Trinajstić information content (AvgIpc) is 2.74. The Bertz CT molecular complexity index is 939. The molecule has 1 amide bonds. The summed E-state index contributed by atoms with van der Waals surface area (Å²) >= 11 is 10.8. The Morgan fingerprint density at radius 3 is 2.16 bits per heavy atom. The van der Waals surface area contributed by atoms with E-state index in [2.05, 4.69) is 66.5 Å². The van der Waals surface area contributed by atoms with Gasteiger partial charge in [-0.3, -0.25) is 9.69 Å². The molecular formula is C23H26Br3FN2O2. The fraction of sp³-hybridized carbons (Fsp3) is 0.435. The standard InChI is InChI=1S/C23H26Br3FN2O2/c1-13-10-29(14(2)9-28(13)11-17-5-7-18(27)8-6-17)19(30)12-31-23-21(25)15(3)20(24)16(4)22(23)26/h5-8,13-14H,9-12H2,1-4H3. The summed E-state index contributed by atoms with van der Waals surface area (Å²) in [6, 6.07) is 6.87. The number of hydrogen-bond acceptors (Lipinski definition) is 3. The van der Waals surface area contributed by atoms with Crippen molar-refractivity contribution in [1.82, 2.24) is 9.80 Å². The lowest BCUT2D eigenvalue weighted by atomic mass is 10.1. The molecule has 1 fully saturated rings. The number of halogens is 4. The fourth-order valence-electron chi connectivity index (χ4n) is 3.84. The molecule has 0 spiro atoms. The molecule has 3 rings (SSSR count). The second-order valence-corrected chi connectivity index (χ2v) is 10.5. The first-order valence-electron chi connectivity index (χ1n) is 10.1. The summed E-state index contributed by atoms with van der Waals surface area (Å²) in [5, 5.41) is 0. The Balaban J connectivity index is 1.64. The van der Waals surface area contributed by atoms with Gasteiger partial charge in [-0.05, 0) is 88.4 Å². The number of benzene rings is 2. The lowest BCUT2D eigenvalue weighted by molar-refractivity contribution is -0.139. The van der Waals surface area contributed by atoms with E-state index in [4.69, 9.17) is 4.74 Å². The zero-order valence-electron chi connectivity index (χ0n) is 18.0. The molecular weight excluding hydrogens is 595 g/mol. The summed E-state index contributed by atoms with van der Waals surface area (Å²) in [5.74, 6) is 0.384. The minimum absolute atomic E-state index is 0.0211. The van der Waals surface area contributed by atoms with Gasteiger partial charge in [0, 0.05) is 36.2 Å². The Morgan fingerprint density at radius 2 is 1.58 bits per heavy atom. The molecule has 0 radical (unpaired) electrons. The molecule has 1 heterocycles. The van der Waals surface area contributed by atoms with Crippen LogP contribution >= 0.6 is 47.8 Å². The Kier molecular flexibility index (Phi) is 8.21. The Hall–Kier alpha value is -0.960. The highest BCUT2D eigenvalue weighted by atomic mass is 79.9. The molecule has 0 N–H and O–H groups in total. The molecule has 0 aliphatic carbocycles. The first-order chi connectivity index (χ1) is 14.6. The predicted molar refractivity (Wildman–Crippen MR) is 132 cm³/mol. The molecule has 2 aromatic rings. The van der Waals surface area contributed by atoms with E-state index < -0.39 is 0 Å². The van der Waals surface area contributed by atoms with Crippen molar-refractivity contribution >= 4 is 53.7 Å². The van der Waals surface area contributed by atoms with Gasteiger partial charge in [0.2, 0.25) is 0 Å². The molecule has 2 unspecified atom stereocenters. The number of carbonyl (C=O) groups excluding carboxylic acids is 1. The summed E-state index contributed by atoms with van der Waals surface area (Å²) < 4.78 is 21.8.